The molecule has 2 rings (SSSR count). The molecular weight excluding hydrogens is 178 g/mol. The summed E-state index contributed by atoms with van der Waals surface area (Å²) in [4.78, 5) is 0. The summed E-state index contributed by atoms with van der Waals surface area (Å²) in [6, 6.07) is 1.93. The molecule has 0 saturated carbocycles. The van der Waals surface area contributed by atoms with E-state index < -0.39 is 0 Å². The molecule has 1 aromatic heterocycles. The highest BCUT2D eigenvalue weighted by molar-refractivity contribution is 5.85. The van der Waals surface area contributed by atoms with Crippen molar-refractivity contribution in [2.45, 2.75) is 5.54 Å². The van der Waals surface area contributed by atoms with Crippen LogP contribution in [-0.4, -0.2) is 23.0 Å². The molecule has 4 nitrogen and oxygen atoms in total. The number of ether oxygens (including phenoxy) is 1. The van der Waals surface area contributed by atoms with Crippen LogP contribution in [0.4, 0.5) is 0 Å². The first-order chi connectivity index (χ1) is 5.22. The zero-order chi connectivity index (χ0) is 7.90. The van der Waals surface area contributed by atoms with Gasteiger partial charge in [0.05, 0.1) is 18.9 Å². The van der Waals surface area contributed by atoms with Gasteiger partial charge in [0.1, 0.15) is 5.54 Å². The summed E-state index contributed by atoms with van der Waals surface area (Å²) < 4.78 is 6.84. The van der Waals surface area contributed by atoms with Crippen LogP contribution >= 0.6 is 12.4 Å². The Kier molecular flexibility index (Phi) is 2.41. The predicted octanol–water partition coefficient (Wildman–Crippen LogP) is 0.0261. The molecule has 0 unspecified atom stereocenters. The molecule has 68 valence electrons. The molecule has 1 fully saturated rings. The average Bonchev–Trinajstić information content (AvgIpc) is 2.30. The minimum absolute atomic E-state index is 0. The smallest absolute Gasteiger partial charge is 0.105 e. The minimum Gasteiger partial charge on any atom is -0.377 e. The van der Waals surface area contributed by atoms with Gasteiger partial charge in [0.25, 0.3) is 0 Å². The molecule has 0 spiro atoms. The second-order valence-electron chi connectivity index (χ2n) is 2.99. The summed E-state index contributed by atoms with van der Waals surface area (Å²) in [6.07, 6.45) is 1.75. The van der Waals surface area contributed by atoms with Crippen molar-refractivity contribution >= 4 is 12.4 Å². The van der Waals surface area contributed by atoms with E-state index in [-0.39, 0.29) is 17.9 Å². The van der Waals surface area contributed by atoms with Crippen LogP contribution in [0.2, 0.25) is 0 Å². The van der Waals surface area contributed by atoms with Crippen molar-refractivity contribution in [2.24, 2.45) is 12.8 Å². The van der Waals surface area contributed by atoms with E-state index in [1.54, 1.807) is 10.9 Å². The summed E-state index contributed by atoms with van der Waals surface area (Å²) in [6.45, 7) is 1.21. The van der Waals surface area contributed by atoms with Crippen molar-refractivity contribution in [3.8, 4) is 0 Å². The fraction of sp³-hybridized carbons (Fsp3) is 0.571. The number of rotatable bonds is 1. The van der Waals surface area contributed by atoms with Gasteiger partial charge in [0, 0.05) is 13.2 Å². The SMILES string of the molecule is Cl.Cn1nccc1C1(N)COC1. The number of nitrogens with zero attached hydrogens (tertiary/aromatic N) is 2. The molecule has 0 amide bonds. The third kappa shape index (κ3) is 1.22. The molecule has 0 atom stereocenters. The van der Waals surface area contributed by atoms with E-state index in [0.717, 1.165) is 5.69 Å². The van der Waals surface area contributed by atoms with Gasteiger partial charge < -0.3 is 10.5 Å². The maximum Gasteiger partial charge on any atom is 0.105 e. The van der Waals surface area contributed by atoms with Crippen LogP contribution in [0.5, 0.6) is 0 Å². The highest BCUT2D eigenvalue weighted by Gasteiger charge is 2.38. The van der Waals surface area contributed by atoms with Crippen LogP contribution in [0, 0.1) is 0 Å². The summed E-state index contributed by atoms with van der Waals surface area (Å²) in [5, 5.41) is 4.05. The van der Waals surface area contributed by atoms with Gasteiger partial charge in [0.15, 0.2) is 0 Å². The zero-order valence-electron chi connectivity index (χ0n) is 6.86. The van der Waals surface area contributed by atoms with E-state index in [2.05, 4.69) is 5.10 Å². The number of nitrogens with two attached hydrogens (primary N) is 1. The van der Waals surface area contributed by atoms with Crippen molar-refractivity contribution in [2.75, 3.05) is 13.2 Å². The predicted molar refractivity (Wildman–Crippen MR) is 47.1 cm³/mol. The Hall–Kier alpha value is -0.580. The molecule has 1 aliphatic heterocycles. The second-order valence-corrected chi connectivity index (χ2v) is 2.99. The van der Waals surface area contributed by atoms with Gasteiger partial charge in [0.2, 0.25) is 0 Å². The van der Waals surface area contributed by atoms with Crippen molar-refractivity contribution in [1.82, 2.24) is 9.78 Å². The van der Waals surface area contributed by atoms with E-state index in [1.165, 1.54) is 0 Å². The zero-order valence-corrected chi connectivity index (χ0v) is 7.67. The lowest BCUT2D eigenvalue weighted by Crippen LogP contribution is -2.55. The molecule has 2 heterocycles. The van der Waals surface area contributed by atoms with Gasteiger partial charge >= 0.3 is 0 Å². The normalized spacial score (nSPS) is 19.5. The van der Waals surface area contributed by atoms with E-state index in [9.17, 15) is 0 Å². The van der Waals surface area contributed by atoms with Gasteiger partial charge in [-0.05, 0) is 6.07 Å². The largest absolute Gasteiger partial charge is 0.377 e. The van der Waals surface area contributed by atoms with Crippen molar-refractivity contribution in [1.29, 1.82) is 0 Å². The van der Waals surface area contributed by atoms with Gasteiger partial charge in [-0.3, -0.25) is 4.68 Å². The highest BCUT2D eigenvalue weighted by Crippen LogP contribution is 2.25. The van der Waals surface area contributed by atoms with Gasteiger partial charge in [-0.1, -0.05) is 0 Å². The monoisotopic (exact) mass is 189 g/mol. The summed E-state index contributed by atoms with van der Waals surface area (Å²) >= 11 is 0. The van der Waals surface area contributed by atoms with Crippen LogP contribution in [0.15, 0.2) is 12.3 Å². The number of halogens is 1. The topological polar surface area (TPSA) is 53.1 Å². The van der Waals surface area contributed by atoms with Crippen LogP contribution in [0.3, 0.4) is 0 Å². The maximum atomic E-state index is 5.98. The number of hydrogen-bond donors (Lipinski definition) is 1. The molecule has 1 saturated heterocycles. The molecule has 0 aromatic carbocycles. The second kappa shape index (κ2) is 3.05. The molecular formula is C7H12ClN3O. The Labute approximate surface area is 77.1 Å². The molecule has 12 heavy (non-hydrogen) atoms. The third-order valence-electron chi connectivity index (χ3n) is 2.05. The van der Waals surface area contributed by atoms with Crippen LogP contribution in [0.25, 0.3) is 0 Å². The molecule has 0 aliphatic carbocycles. The first-order valence-electron chi connectivity index (χ1n) is 3.57. The van der Waals surface area contributed by atoms with Crippen LogP contribution < -0.4 is 5.73 Å². The molecule has 0 radical (unpaired) electrons. The third-order valence-corrected chi connectivity index (χ3v) is 2.05. The number of aromatic nitrogens is 2. The Bertz CT molecular complexity index is 269. The van der Waals surface area contributed by atoms with Crippen LogP contribution in [-0.2, 0) is 17.3 Å². The standard InChI is InChI=1S/C7H11N3O.ClH/c1-10-6(2-3-9-10)7(8)4-11-5-7;/h2-3H,4-5,8H2,1H3;1H. The maximum absolute atomic E-state index is 5.98. The Morgan fingerprint density at radius 2 is 2.33 bits per heavy atom. The lowest BCUT2D eigenvalue weighted by Gasteiger charge is -2.37. The first-order valence-corrected chi connectivity index (χ1v) is 3.57. The van der Waals surface area contributed by atoms with Crippen molar-refractivity contribution in [3.05, 3.63) is 18.0 Å². The summed E-state index contributed by atoms with van der Waals surface area (Å²) in [7, 11) is 1.89. The van der Waals surface area contributed by atoms with Gasteiger partial charge in [-0.2, -0.15) is 5.10 Å². The fourth-order valence-electron chi connectivity index (χ4n) is 1.33. The number of hydrogen-bond acceptors (Lipinski definition) is 3. The van der Waals surface area contributed by atoms with E-state index >= 15 is 0 Å². The molecule has 5 heteroatoms. The van der Waals surface area contributed by atoms with Crippen LogP contribution in [0.1, 0.15) is 5.69 Å². The minimum atomic E-state index is -0.286. The van der Waals surface area contributed by atoms with Gasteiger partial charge in [-0.25, -0.2) is 0 Å². The molecule has 1 aliphatic rings. The summed E-state index contributed by atoms with van der Waals surface area (Å²) in [5.74, 6) is 0. The molecule has 1 aromatic rings. The van der Waals surface area contributed by atoms with E-state index in [0.29, 0.717) is 13.2 Å². The quantitative estimate of drug-likeness (QED) is 0.678. The Morgan fingerprint density at radius 3 is 2.67 bits per heavy atom. The fourth-order valence-corrected chi connectivity index (χ4v) is 1.33. The average molecular weight is 190 g/mol. The first kappa shape index (κ1) is 9.51. The Morgan fingerprint density at radius 1 is 1.67 bits per heavy atom. The van der Waals surface area contributed by atoms with E-state index in [4.69, 9.17) is 10.5 Å². The van der Waals surface area contributed by atoms with Gasteiger partial charge in [-0.15, -0.1) is 12.4 Å². The number of aryl methyl sites for hydroxylation is 1. The molecule has 2 N–H and O–H groups in total. The Balaban J connectivity index is 0.000000720. The lowest BCUT2D eigenvalue weighted by atomic mass is 9.95. The lowest BCUT2D eigenvalue weighted by molar-refractivity contribution is -0.0607. The van der Waals surface area contributed by atoms with Crippen molar-refractivity contribution < 1.29 is 4.74 Å². The molecule has 0 bridgehead atoms. The van der Waals surface area contributed by atoms with Crippen molar-refractivity contribution in [3.63, 3.8) is 0 Å². The highest BCUT2D eigenvalue weighted by atomic mass is 35.5. The summed E-state index contributed by atoms with van der Waals surface area (Å²) in [5.41, 5.74) is 6.74. The van der Waals surface area contributed by atoms with E-state index in [1.807, 2.05) is 13.1 Å².